The van der Waals surface area contributed by atoms with Gasteiger partial charge in [-0.15, -0.1) is 0 Å². The number of nitro benzene ring substituents is 1. The Morgan fingerprint density at radius 2 is 2.03 bits per heavy atom. The van der Waals surface area contributed by atoms with Gasteiger partial charge in [-0.1, -0.05) is 19.1 Å². The number of aromatic nitrogens is 2. The molecule has 2 aromatic carbocycles. The molecule has 0 radical (unpaired) electrons. The molecule has 0 aliphatic carbocycles. The highest BCUT2D eigenvalue weighted by atomic mass is 16.6. The number of benzene rings is 2. The van der Waals surface area contributed by atoms with E-state index in [4.69, 9.17) is 5.10 Å². The highest BCUT2D eigenvalue weighted by molar-refractivity contribution is 6.03. The number of hydrogen-bond donors (Lipinski definition) is 1. The molecule has 0 spiro atoms. The van der Waals surface area contributed by atoms with Crippen molar-refractivity contribution in [3.8, 4) is 5.75 Å². The van der Waals surface area contributed by atoms with Crippen LogP contribution in [0.3, 0.4) is 0 Å². The molecule has 1 N–H and O–H groups in total. The van der Waals surface area contributed by atoms with E-state index in [1.165, 1.54) is 12.1 Å². The van der Waals surface area contributed by atoms with Crippen LogP contribution in [0.1, 0.15) is 36.9 Å². The van der Waals surface area contributed by atoms with Crippen molar-refractivity contribution in [1.29, 1.82) is 0 Å². The monoisotopic (exact) mass is 391 g/mol. The third kappa shape index (κ3) is 3.82. The summed E-state index contributed by atoms with van der Waals surface area (Å²) in [6.07, 6.45) is 5.49. The first-order chi connectivity index (χ1) is 14.0. The molecule has 0 fully saturated rings. The Labute approximate surface area is 167 Å². The lowest BCUT2D eigenvalue weighted by atomic mass is 10.0. The van der Waals surface area contributed by atoms with Crippen molar-refractivity contribution in [2.75, 3.05) is 5.01 Å². The maximum absolute atomic E-state index is 11.0. The molecule has 3 aromatic rings. The molecule has 4 rings (SSSR count). The van der Waals surface area contributed by atoms with E-state index < -0.39 is 4.92 Å². The Bertz CT molecular complexity index is 1060. The number of non-ortho nitro benzene ring substituents is 1. The zero-order chi connectivity index (χ0) is 20.4. The van der Waals surface area contributed by atoms with Gasteiger partial charge in [-0.25, -0.2) is 0 Å². The number of aryl methyl sites for hydroxylation is 1. The Morgan fingerprint density at radius 3 is 2.72 bits per heavy atom. The predicted molar refractivity (Wildman–Crippen MR) is 110 cm³/mol. The van der Waals surface area contributed by atoms with E-state index in [2.05, 4.69) is 12.0 Å². The molecule has 0 bridgehead atoms. The summed E-state index contributed by atoms with van der Waals surface area (Å²) in [4.78, 5) is 10.6. The Balaban J connectivity index is 1.71. The lowest BCUT2D eigenvalue weighted by Gasteiger charge is -2.22. The van der Waals surface area contributed by atoms with Crippen molar-refractivity contribution >= 4 is 17.1 Å². The van der Waals surface area contributed by atoms with Crippen LogP contribution >= 0.6 is 0 Å². The molecule has 1 atom stereocenters. The van der Waals surface area contributed by atoms with Crippen LogP contribution in [0.25, 0.3) is 0 Å². The van der Waals surface area contributed by atoms with Crippen LogP contribution in [-0.4, -0.2) is 25.5 Å². The van der Waals surface area contributed by atoms with Crippen molar-refractivity contribution in [3.63, 3.8) is 0 Å². The summed E-state index contributed by atoms with van der Waals surface area (Å²) in [6, 6.07) is 13.3. The summed E-state index contributed by atoms with van der Waals surface area (Å²) in [7, 11) is 0. The van der Waals surface area contributed by atoms with Gasteiger partial charge in [-0.05, 0) is 30.7 Å². The summed E-state index contributed by atoms with van der Waals surface area (Å²) >= 11 is 0. The second-order valence-electron chi connectivity index (χ2n) is 6.97. The molecule has 29 heavy (non-hydrogen) atoms. The predicted octanol–water partition coefficient (Wildman–Crippen LogP) is 4.26. The van der Waals surface area contributed by atoms with E-state index in [-0.39, 0.29) is 17.5 Å². The van der Waals surface area contributed by atoms with Crippen molar-refractivity contribution in [2.24, 2.45) is 5.10 Å². The van der Waals surface area contributed by atoms with Crippen LogP contribution in [0, 0.1) is 10.1 Å². The van der Waals surface area contributed by atoms with Gasteiger partial charge in [0.05, 0.1) is 28.6 Å². The van der Waals surface area contributed by atoms with Gasteiger partial charge < -0.3 is 5.11 Å². The summed E-state index contributed by atoms with van der Waals surface area (Å²) < 4.78 is 1.91. The highest BCUT2D eigenvalue weighted by Gasteiger charge is 2.31. The molecule has 1 aliphatic rings. The molecule has 1 aliphatic heterocycles. The standard InChI is InChI=1S/C21H21N5O3/c1-2-10-24-14-16(13-22-24)21-12-20(15-4-3-5-19(27)11-15)23-25(21)17-6-8-18(9-7-17)26(28)29/h3-9,11,13-14,21,27H,2,10,12H2,1H3/t21-/m0/s1. The average molecular weight is 391 g/mol. The minimum Gasteiger partial charge on any atom is -0.508 e. The van der Waals surface area contributed by atoms with Gasteiger partial charge in [0.1, 0.15) is 5.75 Å². The van der Waals surface area contributed by atoms with Gasteiger partial charge in [0.15, 0.2) is 0 Å². The SMILES string of the molecule is CCCn1cc([C@@H]2CC(c3cccc(O)c3)=NN2c2ccc([N+](=O)[O-])cc2)cn1. The quantitative estimate of drug-likeness (QED) is 0.500. The summed E-state index contributed by atoms with van der Waals surface area (Å²) in [6.45, 7) is 2.94. The number of phenolic OH excluding ortho intramolecular Hbond substituents is 1. The average Bonchev–Trinajstić information content (AvgIpc) is 3.35. The van der Waals surface area contributed by atoms with Crippen LogP contribution in [-0.2, 0) is 6.54 Å². The largest absolute Gasteiger partial charge is 0.508 e. The molecule has 8 nitrogen and oxygen atoms in total. The molecule has 0 saturated carbocycles. The van der Waals surface area contributed by atoms with E-state index >= 15 is 0 Å². The lowest BCUT2D eigenvalue weighted by molar-refractivity contribution is -0.384. The minimum absolute atomic E-state index is 0.0393. The Morgan fingerprint density at radius 1 is 1.24 bits per heavy atom. The summed E-state index contributed by atoms with van der Waals surface area (Å²) in [5, 5.41) is 31.9. The van der Waals surface area contributed by atoms with Crippen LogP contribution < -0.4 is 5.01 Å². The first-order valence-corrected chi connectivity index (χ1v) is 9.48. The molecule has 2 heterocycles. The molecule has 1 aromatic heterocycles. The third-order valence-corrected chi connectivity index (χ3v) is 4.91. The molecule has 148 valence electrons. The number of phenols is 1. The van der Waals surface area contributed by atoms with E-state index in [1.54, 1.807) is 30.3 Å². The third-order valence-electron chi connectivity index (χ3n) is 4.91. The minimum atomic E-state index is -0.415. The van der Waals surface area contributed by atoms with Crippen LogP contribution in [0.2, 0.25) is 0 Å². The van der Waals surface area contributed by atoms with E-state index in [9.17, 15) is 15.2 Å². The normalized spacial score (nSPS) is 16.1. The van der Waals surface area contributed by atoms with E-state index in [0.717, 1.165) is 35.5 Å². The number of hydrazone groups is 1. The first-order valence-electron chi connectivity index (χ1n) is 9.48. The number of aromatic hydroxyl groups is 1. The van der Waals surface area contributed by atoms with Gasteiger partial charge in [-0.3, -0.25) is 19.8 Å². The zero-order valence-electron chi connectivity index (χ0n) is 16.0. The molecular weight excluding hydrogens is 370 g/mol. The second kappa shape index (κ2) is 7.75. The number of nitro groups is 1. The van der Waals surface area contributed by atoms with Crippen molar-refractivity contribution in [2.45, 2.75) is 32.4 Å². The highest BCUT2D eigenvalue weighted by Crippen LogP contribution is 2.37. The molecule has 0 saturated heterocycles. The number of anilines is 1. The number of hydrogen-bond acceptors (Lipinski definition) is 6. The summed E-state index contributed by atoms with van der Waals surface area (Å²) in [5.41, 5.74) is 3.51. The maximum Gasteiger partial charge on any atom is 0.269 e. The fourth-order valence-corrected chi connectivity index (χ4v) is 3.50. The molecular formula is C21H21N5O3. The number of nitrogens with zero attached hydrogens (tertiary/aromatic N) is 5. The van der Waals surface area contributed by atoms with E-state index in [1.807, 2.05) is 28.2 Å². The fourth-order valence-electron chi connectivity index (χ4n) is 3.50. The van der Waals surface area contributed by atoms with Gasteiger partial charge in [0.2, 0.25) is 0 Å². The van der Waals surface area contributed by atoms with Gasteiger partial charge >= 0.3 is 0 Å². The Hall–Kier alpha value is -3.68. The van der Waals surface area contributed by atoms with Gasteiger partial charge in [0.25, 0.3) is 5.69 Å². The van der Waals surface area contributed by atoms with E-state index in [0.29, 0.717) is 6.42 Å². The van der Waals surface area contributed by atoms with Crippen molar-refractivity contribution in [3.05, 3.63) is 82.2 Å². The van der Waals surface area contributed by atoms with Crippen LogP contribution in [0.15, 0.2) is 66.0 Å². The van der Waals surface area contributed by atoms with Crippen LogP contribution in [0.5, 0.6) is 5.75 Å². The lowest BCUT2D eigenvalue weighted by Crippen LogP contribution is -2.18. The fraction of sp³-hybridized carbons (Fsp3) is 0.238. The topological polar surface area (TPSA) is 96.8 Å². The maximum atomic E-state index is 11.0. The summed E-state index contributed by atoms with van der Waals surface area (Å²) in [5.74, 6) is 0.186. The smallest absolute Gasteiger partial charge is 0.269 e. The molecule has 0 unspecified atom stereocenters. The van der Waals surface area contributed by atoms with Crippen LogP contribution in [0.4, 0.5) is 11.4 Å². The zero-order valence-corrected chi connectivity index (χ0v) is 16.0. The molecule has 8 heteroatoms. The molecule has 0 amide bonds. The second-order valence-corrected chi connectivity index (χ2v) is 6.97. The van der Waals surface area contributed by atoms with Gasteiger partial charge in [-0.2, -0.15) is 10.2 Å². The van der Waals surface area contributed by atoms with Crippen molar-refractivity contribution < 1.29 is 10.0 Å². The first kappa shape index (κ1) is 18.7. The Kier molecular flexibility index (Phi) is 4.99. The van der Waals surface area contributed by atoms with Crippen molar-refractivity contribution in [1.82, 2.24) is 9.78 Å². The van der Waals surface area contributed by atoms with Gasteiger partial charge in [0, 0.05) is 42.4 Å². The number of rotatable bonds is 6.